The van der Waals surface area contributed by atoms with Gasteiger partial charge in [0.25, 0.3) is 0 Å². The minimum absolute atomic E-state index is 0. The van der Waals surface area contributed by atoms with Gasteiger partial charge in [0, 0.05) is 24.0 Å². The van der Waals surface area contributed by atoms with Crippen LogP contribution in [0.25, 0.3) is 0 Å². The van der Waals surface area contributed by atoms with Crippen molar-refractivity contribution in [3.05, 3.63) is 24.3 Å². The molecule has 0 spiro atoms. The van der Waals surface area contributed by atoms with Crippen LogP contribution in [0.1, 0.15) is 20.3 Å². The van der Waals surface area contributed by atoms with Gasteiger partial charge in [0.15, 0.2) is 0 Å². The number of carbonyl (C=O) groups excluding carboxylic acids is 2. The number of amides is 3. The standard InChI is InChI=1S/C15H22N4O3.ClH/c1-9(2)17-15(22)19-11-5-3-10(4-6-11)18-14(21)13-7-12(20)8-16-13;/h3-6,9,12-13,16,20H,7-8H2,1-2H3,(H,18,21)(H2,17,19,22);1H. The molecule has 5 N–H and O–H groups in total. The van der Waals surface area contributed by atoms with E-state index in [0.717, 1.165) is 0 Å². The molecule has 7 nitrogen and oxygen atoms in total. The van der Waals surface area contributed by atoms with Gasteiger partial charge in [0.1, 0.15) is 0 Å². The van der Waals surface area contributed by atoms with Crippen molar-refractivity contribution in [2.24, 2.45) is 0 Å². The normalized spacial score (nSPS) is 19.8. The van der Waals surface area contributed by atoms with Gasteiger partial charge in [-0.1, -0.05) is 0 Å². The Balaban J connectivity index is 0.00000264. The van der Waals surface area contributed by atoms with Gasteiger partial charge in [0.05, 0.1) is 12.1 Å². The van der Waals surface area contributed by atoms with Crippen LogP contribution in [0.4, 0.5) is 16.2 Å². The minimum atomic E-state index is -0.471. The molecule has 0 aliphatic carbocycles. The summed E-state index contributed by atoms with van der Waals surface area (Å²) in [6.07, 6.45) is -0.0531. The lowest BCUT2D eigenvalue weighted by atomic mass is 10.2. The predicted octanol–water partition coefficient (Wildman–Crippen LogP) is 1.30. The van der Waals surface area contributed by atoms with E-state index in [9.17, 15) is 14.7 Å². The molecule has 1 saturated heterocycles. The van der Waals surface area contributed by atoms with Crippen LogP contribution in [0.15, 0.2) is 24.3 Å². The second kappa shape index (κ2) is 8.71. The molecular weight excluding hydrogens is 320 g/mol. The van der Waals surface area contributed by atoms with Crippen molar-refractivity contribution in [3.8, 4) is 0 Å². The maximum Gasteiger partial charge on any atom is 0.319 e. The first-order chi connectivity index (χ1) is 10.4. The highest BCUT2D eigenvalue weighted by Crippen LogP contribution is 2.15. The lowest BCUT2D eigenvalue weighted by molar-refractivity contribution is -0.117. The molecule has 0 bridgehead atoms. The molecule has 0 radical (unpaired) electrons. The van der Waals surface area contributed by atoms with Crippen LogP contribution < -0.4 is 21.3 Å². The number of rotatable bonds is 4. The molecule has 2 rings (SSSR count). The largest absolute Gasteiger partial charge is 0.392 e. The van der Waals surface area contributed by atoms with Crippen molar-refractivity contribution >= 4 is 35.7 Å². The summed E-state index contributed by atoms with van der Waals surface area (Å²) in [5, 5.41) is 20.6. The number of hydrogen-bond donors (Lipinski definition) is 5. The van der Waals surface area contributed by atoms with Gasteiger partial charge < -0.3 is 26.4 Å². The summed E-state index contributed by atoms with van der Waals surface area (Å²) >= 11 is 0. The average molecular weight is 343 g/mol. The molecule has 128 valence electrons. The molecule has 8 heteroatoms. The Morgan fingerprint density at radius 2 is 1.74 bits per heavy atom. The molecule has 1 fully saturated rings. The molecule has 2 unspecified atom stereocenters. The number of aliphatic hydroxyl groups excluding tert-OH is 1. The number of urea groups is 1. The van der Waals surface area contributed by atoms with Crippen molar-refractivity contribution in [2.45, 2.75) is 38.5 Å². The Morgan fingerprint density at radius 3 is 2.22 bits per heavy atom. The third-order valence-corrected chi connectivity index (χ3v) is 3.25. The number of aliphatic hydroxyl groups is 1. The quantitative estimate of drug-likeness (QED) is 0.569. The van der Waals surface area contributed by atoms with E-state index in [4.69, 9.17) is 0 Å². The zero-order chi connectivity index (χ0) is 16.1. The first-order valence-electron chi connectivity index (χ1n) is 7.34. The summed E-state index contributed by atoms with van der Waals surface area (Å²) < 4.78 is 0. The molecule has 1 aromatic carbocycles. The molecular formula is C15H23ClN4O3. The van der Waals surface area contributed by atoms with E-state index in [-0.39, 0.29) is 36.4 Å². The number of β-amino-alcohol motifs (C(OH)–C–C–N with tert-alkyl or cyclic N) is 1. The highest BCUT2D eigenvalue weighted by atomic mass is 35.5. The highest BCUT2D eigenvalue weighted by molar-refractivity contribution is 5.95. The maximum atomic E-state index is 12.0. The lowest BCUT2D eigenvalue weighted by Crippen LogP contribution is -2.35. The maximum absolute atomic E-state index is 12.0. The minimum Gasteiger partial charge on any atom is -0.392 e. The van der Waals surface area contributed by atoms with Gasteiger partial charge in [-0.25, -0.2) is 4.79 Å². The van der Waals surface area contributed by atoms with Crippen LogP contribution >= 0.6 is 12.4 Å². The van der Waals surface area contributed by atoms with E-state index in [0.29, 0.717) is 24.3 Å². The molecule has 1 heterocycles. The fourth-order valence-electron chi connectivity index (χ4n) is 2.21. The Labute approximate surface area is 141 Å². The van der Waals surface area contributed by atoms with E-state index in [1.165, 1.54) is 0 Å². The summed E-state index contributed by atoms with van der Waals surface area (Å²) in [5.74, 6) is -0.171. The summed E-state index contributed by atoms with van der Waals surface area (Å²) in [4.78, 5) is 23.5. The van der Waals surface area contributed by atoms with E-state index >= 15 is 0 Å². The molecule has 0 saturated carbocycles. The molecule has 3 amide bonds. The summed E-state index contributed by atoms with van der Waals surface area (Å²) in [6.45, 7) is 4.20. The second-order valence-electron chi connectivity index (χ2n) is 5.67. The van der Waals surface area contributed by atoms with E-state index in [2.05, 4.69) is 21.3 Å². The van der Waals surface area contributed by atoms with Crippen molar-refractivity contribution in [1.29, 1.82) is 0 Å². The number of hydrogen-bond acceptors (Lipinski definition) is 4. The van der Waals surface area contributed by atoms with Crippen LogP contribution in [-0.4, -0.2) is 41.8 Å². The van der Waals surface area contributed by atoms with Crippen LogP contribution in [0.2, 0.25) is 0 Å². The monoisotopic (exact) mass is 342 g/mol. The van der Waals surface area contributed by atoms with Gasteiger partial charge >= 0.3 is 6.03 Å². The second-order valence-corrected chi connectivity index (χ2v) is 5.67. The first kappa shape index (κ1) is 19.2. The van der Waals surface area contributed by atoms with Gasteiger partial charge in [-0.2, -0.15) is 0 Å². The number of carbonyl (C=O) groups is 2. The third-order valence-electron chi connectivity index (χ3n) is 3.25. The Hall–Kier alpha value is -1.83. The van der Waals surface area contributed by atoms with Gasteiger partial charge in [-0.15, -0.1) is 12.4 Å². The molecule has 23 heavy (non-hydrogen) atoms. The van der Waals surface area contributed by atoms with E-state index in [1.807, 2.05) is 13.8 Å². The Kier molecular flexibility index (Phi) is 7.28. The van der Waals surface area contributed by atoms with Gasteiger partial charge in [-0.05, 0) is 44.5 Å². The van der Waals surface area contributed by atoms with Crippen molar-refractivity contribution in [3.63, 3.8) is 0 Å². The smallest absolute Gasteiger partial charge is 0.319 e. The zero-order valence-electron chi connectivity index (χ0n) is 13.1. The molecule has 1 aromatic rings. The topological polar surface area (TPSA) is 102 Å². The van der Waals surface area contributed by atoms with Crippen LogP contribution in [0, 0.1) is 0 Å². The summed E-state index contributed by atoms with van der Waals surface area (Å²) in [5.41, 5.74) is 1.29. The highest BCUT2D eigenvalue weighted by Gasteiger charge is 2.27. The SMILES string of the molecule is CC(C)NC(=O)Nc1ccc(NC(=O)C2CC(O)CN2)cc1.Cl. The predicted molar refractivity (Wildman–Crippen MR) is 92.0 cm³/mol. The first-order valence-corrected chi connectivity index (χ1v) is 7.34. The number of halogens is 1. The fraction of sp³-hybridized carbons (Fsp3) is 0.467. The average Bonchev–Trinajstić information content (AvgIpc) is 2.87. The fourth-order valence-corrected chi connectivity index (χ4v) is 2.21. The molecule has 0 aromatic heterocycles. The van der Waals surface area contributed by atoms with Crippen molar-refractivity contribution in [1.82, 2.24) is 10.6 Å². The summed E-state index contributed by atoms with van der Waals surface area (Å²) in [7, 11) is 0. The molecule has 1 aliphatic rings. The third kappa shape index (κ3) is 6.05. The number of benzene rings is 1. The van der Waals surface area contributed by atoms with Crippen LogP contribution in [0.5, 0.6) is 0 Å². The van der Waals surface area contributed by atoms with Crippen LogP contribution in [-0.2, 0) is 4.79 Å². The van der Waals surface area contributed by atoms with Gasteiger partial charge in [-0.3, -0.25) is 4.79 Å². The molecule has 1 aliphatic heterocycles. The van der Waals surface area contributed by atoms with Gasteiger partial charge in [0.2, 0.25) is 5.91 Å². The van der Waals surface area contributed by atoms with Crippen molar-refractivity contribution < 1.29 is 14.7 Å². The zero-order valence-corrected chi connectivity index (χ0v) is 13.9. The Morgan fingerprint density at radius 1 is 1.17 bits per heavy atom. The lowest BCUT2D eigenvalue weighted by Gasteiger charge is -2.12. The van der Waals surface area contributed by atoms with Crippen molar-refractivity contribution in [2.75, 3.05) is 17.2 Å². The Bertz CT molecular complexity index is 536. The number of nitrogens with one attached hydrogen (secondary N) is 4. The number of anilines is 2. The molecule has 2 atom stereocenters. The summed E-state index contributed by atoms with van der Waals surface area (Å²) in [6, 6.07) is 6.29. The van der Waals surface area contributed by atoms with E-state index < -0.39 is 6.10 Å². The van der Waals surface area contributed by atoms with E-state index in [1.54, 1.807) is 24.3 Å². The van der Waals surface area contributed by atoms with Crippen LogP contribution in [0.3, 0.4) is 0 Å².